The molecule has 2 aliphatic carbocycles. The average Bonchev–Trinajstić information content (AvgIpc) is 2.68. The molecule has 0 amide bonds. The lowest BCUT2D eigenvalue weighted by molar-refractivity contribution is -0.145. The quantitative estimate of drug-likeness (QED) is 0.404. The van der Waals surface area contributed by atoms with E-state index in [1.807, 2.05) is 13.8 Å². The highest BCUT2D eigenvalue weighted by Gasteiger charge is 2.27. The Morgan fingerprint density at radius 2 is 1.63 bits per heavy atom. The molecule has 1 fully saturated rings. The molecule has 2 unspecified atom stereocenters. The summed E-state index contributed by atoms with van der Waals surface area (Å²) in [7, 11) is 1.37. The zero-order valence-corrected chi connectivity index (χ0v) is 17.4. The maximum absolute atomic E-state index is 14.2. The zero-order chi connectivity index (χ0) is 19.8. The molecule has 156 valence electrons. The predicted octanol–water partition coefficient (Wildman–Crippen LogP) is 6.45. The van der Waals surface area contributed by atoms with Gasteiger partial charge in [-0.3, -0.25) is 0 Å². The van der Waals surface area contributed by atoms with Gasteiger partial charge in [0.1, 0.15) is 5.76 Å². The Hall–Kier alpha value is -0.940. The Balaban J connectivity index is 1.70. The van der Waals surface area contributed by atoms with Crippen molar-refractivity contribution in [3.05, 3.63) is 23.0 Å². The lowest BCUT2D eigenvalue weighted by atomic mass is 9.80. The lowest BCUT2D eigenvalue weighted by Gasteiger charge is -2.29. The number of ether oxygens (including phenoxy) is 3. The topological polar surface area (TPSA) is 27.7 Å². The molecule has 1 saturated carbocycles. The third-order valence-electron chi connectivity index (χ3n) is 5.99. The fourth-order valence-corrected chi connectivity index (χ4v) is 4.18. The number of hydrogen-bond donors (Lipinski definition) is 0. The van der Waals surface area contributed by atoms with Gasteiger partial charge < -0.3 is 14.2 Å². The largest absolute Gasteiger partial charge is 0.498 e. The summed E-state index contributed by atoms with van der Waals surface area (Å²) in [6.07, 6.45) is 8.23. The van der Waals surface area contributed by atoms with Crippen LogP contribution in [0.1, 0.15) is 72.1 Å². The van der Waals surface area contributed by atoms with Gasteiger partial charge in [-0.05, 0) is 43.6 Å². The lowest BCUT2D eigenvalue weighted by Crippen LogP contribution is -2.24. The maximum Gasteiger partial charge on any atom is 0.196 e. The fourth-order valence-electron chi connectivity index (χ4n) is 4.18. The third kappa shape index (κ3) is 6.56. The molecule has 3 nitrogen and oxygen atoms in total. The average molecular weight is 387 g/mol. The van der Waals surface area contributed by atoms with Crippen LogP contribution in [0.3, 0.4) is 0 Å². The summed E-state index contributed by atoms with van der Waals surface area (Å²) in [6.45, 7) is 7.04. The summed E-state index contributed by atoms with van der Waals surface area (Å²) >= 11 is 0. The van der Waals surface area contributed by atoms with Crippen LogP contribution in [0.25, 0.3) is 0 Å². The first kappa shape index (κ1) is 22.4. The molecule has 2 rings (SSSR count). The van der Waals surface area contributed by atoms with Crippen molar-refractivity contribution >= 4 is 0 Å². The summed E-state index contributed by atoms with van der Waals surface area (Å²) in [5.74, 6) is -0.237. The van der Waals surface area contributed by atoms with E-state index in [2.05, 4.69) is 6.92 Å². The monoisotopic (exact) mass is 386 g/mol. The van der Waals surface area contributed by atoms with Gasteiger partial charge in [0.25, 0.3) is 0 Å². The van der Waals surface area contributed by atoms with E-state index in [9.17, 15) is 8.78 Å². The molecule has 0 aliphatic heterocycles. The van der Waals surface area contributed by atoms with E-state index in [0.29, 0.717) is 30.9 Å². The molecular formula is C22H36F2O3. The van der Waals surface area contributed by atoms with Gasteiger partial charge in [0.05, 0.1) is 20.3 Å². The van der Waals surface area contributed by atoms with Crippen LogP contribution in [-0.4, -0.2) is 26.6 Å². The van der Waals surface area contributed by atoms with Gasteiger partial charge in [-0.2, -0.15) is 0 Å². The van der Waals surface area contributed by atoms with Crippen LogP contribution in [0, 0.1) is 17.8 Å². The van der Waals surface area contributed by atoms with E-state index in [1.165, 1.54) is 45.6 Å². The van der Waals surface area contributed by atoms with Crippen molar-refractivity contribution in [1.82, 2.24) is 0 Å². The normalized spacial score (nSPS) is 26.3. The molecule has 0 heterocycles. The summed E-state index contributed by atoms with van der Waals surface area (Å²) < 4.78 is 44.6. The van der Waals surface area contributed by atoms with Crippen molar-refractivity contribution < 1.29 is 23.0 Å². The van der Waals surface area contributed by atoms with Gasteiger partial charge in [0.2, 0.25) is 0 Å². The summed E-state index contributed by atoms with van der Waals surface area (Å²) in [5.41, 5.74) is 0.467. The van der Waals surface area contributed by atoms with E-state index in [-0.39, 0.29) is 18.0 Å². The molecule has 0 bridgehead atoms. The highest BCUT2D eigenvalue weighted by atomic mass is 19.2. The molecule has 0 aromatic rings. The minimum atomic E-state index is -0.867. The standard InChI is InChI=1S/C22H36F2O3/c1-5-6-17-7-9-18(10-8-17)14-27-16(3)26-13-15(2)19-11-12-20(25-4)22(24)21(19)23/h15-18H,5-14H2,1-4H3. The van der Waals surface area contributed by atoms with Crippen LogP contribution in [0.2, 0.25) is 0 Å². The SMILES string of the molecule is CCCC1CCC(COC(C)OCC(C)C2=C(F)C(F)=C(OC)CC2)CC1. The van der Waals surface area contributed by atoms with Crippen LogP contribution in [0.15, 0.2) is 23.0 Å². The van der Waals surface area contributed by atoms with Crippen molar-refractivity contribution in [2.75, 3.05) is 20.3 Å². The van der Waals surface area contributed by atoms with Crippen molar-refractivity contribution in [1.29, 1.82) is 0 Å². The maximum atomic E-state index is 14.2. The van der Waals surface area contributed by atoms with E-state index in [1.54, 1.807) is 0 Å². The second-order valence-electron chi connectivity index (χ2n) is 8.09. The molecule has 2 aliphatic rings. The zero-order valence-electron chi connectivity index (χ0n) is 17.4. The molecule has 2 atom stereocenters. The van der Waals surface area contributed by atoms with Gasteiger partial charge in [-0.25, -0.2) is 8.78 Å². The predicted molar refractivity (Wildman–Crippen MR) is 103 cm³/mol. The Morgan fingerprint density at radius 3 is 2.26 bits per heavy atom. The molecular weight excluding hydrogens is 350 g/mol. The summed E-state index contributed by atoms with van der Waals surface area (Å²) in [6, 6.07) is 0. The molecule has 0 aromatic carbocycles. The Labute approximate surface area is 163 Å². The minimum Gasteiger partial charge on any atom is -0.498 e. The Morgan fingerprint density at radius 1 is 0.963 bits per heavy atom. The van der Waals surface area contributed by atoms with Crippen molar-refractivity contribution in [2.24, 2.45) is 17.8 Å². The molecule has 0 radical (unpaired) electrons. The van der Waals surface area contributed by atoms with Crippen LogP contribution >= 0.6 is 0 Å². The highest BCUT2D eigenvalue weighted by molar-refractivity contribution is 5.33. The minimum absolute atomic E-state index is 0.0923. The van der Waals surface area contributed by atoms with Crippen LogP contribution < -0.4 is 0 Å². The molecule has 5 heteroatoms. The summed E-state index contributed by atoms with van der Waals surface area (Å²) in [5, 5.41) is 0. The van der Waals surface area contributed by atoms with Gasteiger partial charge in [0.15, 0.2) is 17.9 Å². The Bertz CT molecular complexity index is 522. The first-order chi connectivity index (χ1) is 13.0. The van der Waals surface area contributed by atoms with E-state index in [0.717, 1.165) is 12.5 Å². The highest BCUT2D eigenvalue weighted by Crippen LogP contribution is 2.36. The number of halogens is 2. The third-order valence-corrected chi connectivity index (χ3v) is 5.99. The molecule has 0 N–H and O–H groups in total. The number of rotatable bonds is 10. The van der Waals surface area contributed by atoms with E-state index >= 15 is 0 Å². The first-order valence-electron chi connectivity index (χ1n) is 10.5. The summed E-state index contributed by atoms with van der Waals surface area (Å²) in [4.78, 5) is 0. The molecule has 0 aromatic heterocycles. The van der Waals surface area contributed by atoms with E-state index < -0.39 is 11.7 Å². The first-order valence-corrected chi connectivity index (χ1v) is 10.5. The Kier molecular flexibility index (Phi) is 9.24. The van der Waals surface area contributed by atoms with Crippen molar-refractivity contribution in [3.8, 4) is 0 Å². The number of allylic oxidation sites excluding steroid dienone is 3. The smallest absolute Gasteiger partial charge is 0.196 e. The molecule has 27 heavy (non-hydrogen) atoms. The molecule has 0 spiro atoms. The molecule has 0 saturated heterocycles. The number of methoxy groups -OCH3 is 1. The van der Waals surface area contributed by atoms with Crippen molar-refractivity contribution in [3.63, 3.8) is 0 Å². The van der Waals surface area contributed by atoms with Gasteiger partial charge in [0, 0.05) is 12.3 Å². The van der Waals surface area contributed by atoms with E-state index in [4.69, 9.17) is 14.2 Å². The van der Waals surface area contributed by atoms with Gasteiger partial charge >= 0.3 is 0 Å². The van der Waals surface area contributed by atoms with Crippen LogP contribution in [0.4, 0.5) is 8.78 Å². The second kappa shape index (κ2) is 11.2. The van der Waals surface area contributed by atoms with Gasteiger partial charge in [-0.15, -0.1) is 0 Å². The fraction of sp³-hybridized carbons (Fsp3) is 0.818. The van der Waals surface area contributed by atoms with Gasteiger partial charge in [-0.1, -0.05) is 39.5 Å². The number of hydrogen-bond acceptors (Lipinski definition) is 3. The van der Waals surface area contributed by atoms with Crippen molar-refractivity contribution in [2.45, 2.75) is 78.4 Å². The second-order valence-corrected chi connectivity index (χ2v) is 8.09. The van der Waals surface area contributed by atoms with Crippen LogP contribution in [-0.2, 0) is 14.2 Å². The van der Waals surface area contributed by atoms with Crippen LogP contribution in [0.5, 0.6) is 0 Å².